The van der Waals surface area contributed by atoms with Crippen molar-refractivity contribution in [2.45, 2.75) is 6.92 Å². The van der Waals surface area contributed by atoms with Crippen LogP contribution in [-0.4, -0.2) is 9.55 Å². The second-order valence-corrected chi connectivity index (χ2v) is 4.04. The number of halogens is 2. The number of aromatic amines is 1. The van der Waals surface area contributed by atoms with Crippen LogP contribution in [0.4, 0.5) is 4.39 Å². The lowest BCUT2D eigenvalue weighted by Gasteiger charge is -2.06. The number of H-pyrrole nitrogens is 1. The molecule has 2 aromatic rings. The number of nitrogens with zero attached hydrogens (tertiary/aromatic N) is 1. The van der Waals surface area contributed by atoms with Gasteiger partial charge in [-0.1, -0.05) is 0 Å². The van der Waals surface area contributed by atoms with Crippen LogP contribution in [0.3, 0.4) is 0 Å². The first-order valence-corrected chi connectivity index (χ1v) is 5.11. The van der Waals surface area contributed by atoms with Crippen molar-refractivity contribution >= 4 is 15.9 Å². The van der Waals surface area contributed by atoms with Crippen molar-refractivity contribution in [3.63, 3.8) is 0 Å². The molecule has 15 heavy (non-hydrogen) atoms. The summed E-state index contributed by atoms with van der Waals surface area (Å²) in [6.45, 7) is 1.82. The smallest absolute Gasteiger partial charge is 0.312 e. The summed E-state index contributed by atoms with van der Waals surface area (Å²) >= 11 is 3.09. The summed E-state index contributed by atoms with van der Waals surface area (Å²) in [6.07, 6.45) is 3.08. The summed E-state index contributed by atoms with van der Waals surface area (Å²) < 4.78 is 15.1. The van der Waals surface area contributed by atoms with Gasteiger partial charge in [0.1, 0.15) is 5.82 Å². The van der Waals surface area contributed by atoms with Crippen molar-refractivity contribution in [2.24, 2.45) is 0 Å². The van der Waals surface area contributed by atoms with Crippen LogP contribution in [0, 0.1) is 12.7 Å². The highest BCUT2D eigenvalue weighted by atomic mass is 79.9. The second kappa shape index (κ2) is 3.66. The number of nitrogens with one attached hydrogen (secondary N) is 1. The molecule has 5 heteroatoms. The van der Waals surface area contributed by atoms with Crippen molar-refractivity contribution in [1.29, 1.82) is 0 Å². The maximum atomic E-state index is 13.3. The van der Waals surface area contributed by atoms with Gasteiger partial charge in [-0.25, -0.2) is 9.18 Å². The largest absolute Gasteiger partial charge is 0.330 e. The Balaban J connectivity index is 2.69. The molecule has 1 aromatic carbocycles. The van der Waals surface area contributed by atoms with Crippen molar-refractivity contribution in [3.8, 4) is 5.69 Å². The number of benzene rings is 1. The Morgan fingerprint density at radius 2 is 2.20 bits per heavy atom. The lowest BCUT2D eigenvalue weighted by Crippen LogP contribution is -2.15. The zero-order valence-corrected chi connectivity index (χ0v) is 9.51. The van der Waals surface area contributed by atoms with Crippen LogP contribution in [-0.2, 0) is 0 Å². The van der Waals surface area contributed by atoms with Crippen molar-refractivity contribution in [1.82, 2.24) is 9.55 Å². The first-order chi connectivity index (χ1) is 7.09. The molecule has 1 N–H and O–H groups in total. The fraction of sp³-hybridized carbons (Fsp3) is 0.100. The van der Waals surface area contributed by atoms with Gasteiger partial charge in [0.15, 0.2) is 0 Å². The van der Waals surface area contributed by atoms with E-state index in [4.69, 9.17) is 0 Å². The molecular weight excluding hydrogens is 263 g/mol. The number of hydrogen-bond acceptors (Lipinski definition) is 1. The van der Waals surface area contributed by atoms with Crippen molar-refractivity contribution in [2.75, 3.05) is 0 Å². The molecule has 0 bridgehead atoms. The lowest BCUT2D eigenvalue weighted by molar-refractivity contribution is 0.619. The first-order valence-electron chi connectivity index (χ1n) is 4.31. The van der Waals surface area contributed by atoms with E-state index in [9.17, 15) is 9.18 Å². The average Bonchev–Trinajstić information content (AvgIpc) is 2.58. The van der Waals surface area contributed by atoms with Gasteiger partial charge >= 0.3 is 5.69 Å². The molecule has 0 aliphatic carbocycles. The van der Waals surface area contributed by atoms with E-state index in [1.165, 1.54) is 16.8 Å². The van der Waals surface area contributed by atoms with Gasteiger partial charge in [0, 0.05) is 12.4 Å². The van der Waals surface area contributed by atoms with E-state index in [0.29, 0.717) is 10.2 Å². The topological polar surface area (TPSA) is 37.8 Å². The highest BCUT2D eigenvalue weighted by Gasteiger charge is 2.08. The molecule has 3 nitrogen and oxygen atoms in total. The predicted octanol–water partition coefficient (Wildman–Crippen LogP) is 2.38. The Kier molecular flexibility index (Phi) is 2.48. The van der Waals surface area contributed by atoms with E-state index in [0.717, 1.165) is 5.56 Å². The summed E-state index contributed by atoms with van der Waals surface area (Å²) in [4.78, 5) is 13.8. The van der Waals surface area contributed by atoms with E-state index in [2.05, 4.69) is 20.9 Å². The van der Waals surface area contributed by atoms with E-state index in [-0.39, 0.29) is 11.5 Å². The Morgan fingerprint density at radius 3 is 2.80 bits per heavy atom. The molecular formula is C10H8BrFN2O. The normalized spacial score (nSPS) is 10.6. The number of aromatic nitrogens is 2. The SMILES string of the molecule is Cc1cc(Br)c(F)cc1-n1cc[nH]c1=O. The molecule has 0 aliphatic heterocycles. The summed E-state index contributed by atoms with van der Waals surface area (Å²) in [5.74, 6) is -0.385. The lowest BCUT2D eigenvalue weighted by atomic mass is 10.2. The second-order valence-electron chi connectivity index (χ2n) is 3.19. The minimum atomic E-state index is -0.385. The van der Waals surface area contributed by atoms with Gasteiger partial charge in [0.05, 0.1) is 10.2 Å². The summed E-state index contributed by atoms with van der Waals surface area (Å²) in [7, 11) is 0. The highest BCUT2D eigenvalue weighted by molar-refractivity contribution is 9.10. The molecule has 0 aliphatic rings. The van der Waals surface area contributed by atoms with Gasteiger partial charge in [-0.05, 0) is 40.5 Å². The summed E-state index contributed by atoms with van der Waals surface area (Å²) in [6, 6.07) is 2.97. The number of aryl methyl sites for hydroxylation is 1. The summed E-state index contributed by atoms with van der Waals surface area (Å²) in [5.41, 5.74) is 1.09. The van der Waals surface area contributed by atoms with Gasteiger partial charge in [-0.2, -0.15) is 0 Å². The van der Waals surface area contributed by atoms with Crippen LogP contribution < -0.4 is 5.69 Å². The first kappa shape index (κ1) is 10.2. The van der Waals surface area contributed by atoms with E-state index in [1.807, 2.05) is 6.92 Å². The quantitative estimate of drug-likeness (QED) is 0.849. The Morgan fingerprint density at radius 1 is 1.47 bits per heavy atom. The van der Waals surface area contributed by atoms with Crippen LogP contribution in [0.2, 0.25) is 0 Å². The summed E-state index contributed by atoms with van der Waals surface area (Å²) in [5, 5.41) is 0. The van der Waals surface area contributed by atoms with Gasteiger partial charge < -0.3 is 4.98 Å². The number of hydrogen-bond donors (Lipinski definition) is 1. The van der Waals surface area contributed by atoms with Gasteiger partial charge in [-0.15, -0.1) is 0 Å². The third kappa shape index (κ3) is 1.74. The Labute approximate surface area is 93.7 Å². The number of rotatable bonds is 1. The Hall–Kier alpha value is -1.36. The molecule has 0 spiro atoms. The average molecular weight is 271 g/mol. The minimum Gasteiger partial charge on any atom is -0.312 e. The maximum Gasteiger partial charge on any atom is 0.330 e. The molecule has 0 atom stereocenters. The standard InChI is InChI=1S/C10H8BrFN2O/c1-6-4-7(11)8(12)5-9(6)14-3-2-13-10(14)15/h2-5H,1H3,(H,13,15). The van der Waals surface area contributed by atoms with Crippen molar-refractivity contribution < 1.29 is 4.39 Å². The third-order valence-electron chi connectivity index (χ3n) is 2.15. The van der Waals surface area contributed by atoms with E-state index >= 15 is 0 Å². The molecule has 78 valence electrons. The highest BCUT2D eigenvalue weighted by Crippen LogP contribution is 2.22. The van der Waals surface area contributed by atoms with Crippen molar-refractivity contribution in [3.05, 3.63) is 50.9 Å². The molecule has 0 unspecified atom stereocenters. The minimum absolute atomic E-state index is 0.278. The van der Waals surface area contributed by atoms with E-state index in [1.54, 1.807) is 12.3 Å². The molecule has 0 fully saturated rings. The van der Waals surface area contributed by atoms with Gasteiger partial charge in [0.2, 0.25) is 0 Å². The van der Waals surface area contributed by atoms with Crippen LogP contribution in [0.1, 0.15) is 5.56 Å². The van der Waals surface area contributed by atoms with E-state index < -0.39 is 0 Å². The number of imidazole rings is 1. The van der Waals surface area contributed by atoms with Gasteiger partial charge in [0.25, 0.3) is 0 Å². The Bertz CT molecular complexity index is 559. The van der Waals surface area contributed by atoms with Crippen LogP contribution in [0.5, 0.6) is 0 Å². The molecule has 0 radical (unpaired) electrons. The predicted molar refractivity (Wildman–Crippen MR) is 58.8 cm³/mol. The molecule has 0 saturated carbocycles. The monoisotopic (exact) mass is 270 g/mol. The fourth-order valence-electron chi connectivity index (χ4n) is 1.41. The molecule has 0 amide bonds. The van der Waals surface area contributed by atoms with Crippen LogP contribution in [0.25, 0.3) is 5.69 Å². The fourth-order valence-corrected chi connectivity index (χ4v) is 1.86. The van der Waals surface area contributed by atoms with Crippen LogP contribution >= 0.6 is 15.9 Å². The van der Waals surface area contributed by atoms with Gasteiger partial charge in [-0.3, -0.25) is 4.57 Å². The third-order valence-corrected chi connectivity index (χ3v) is 2.76. The molecule has 0 saturated heterocycles. The zero-order chi connectivity index (χ0) is 11.0. The molecule has 1 heterocycles. The molecule has 2 rings (SSSR count). The van der Waals surface area contributed by atoms with Crippen LogP contribution in [0.15, 0.2) is 33.8 Å². The maximum absolute atomic E-state index is 13.3. The zero-order valence-electron chi connectivity index (χ0n) is 7.92. The molecule has 1 aromatic heterocycles.